The van der Waals surface area contributed by atoms with E-state index in [-0.39, 0.29) is 22.8 Å². The van der Waals surface area contributed by atoms with Crippen LogP contribution in [-0.4, -0.2) is 34.5 Å². The Morgan fingerprint density at radius 2 is 2.17 bits per heavy atom. The average Bonchev–Trinajstić information content (AvgIpc) is 3.21. The highest BCUT2D eigenvalue weighted by atomic mass is 32.2. The molecule has 2 N–H and O–H groups in total. The van der Waals surface area contributed by atoms with Crippen LogP contribution in [0.5, 0.6) is 0 Å². The molecule has 1 fully saturated rings. The lowest BCUT2D eigenvalue weighted by atomic mass is 10.0. The van der Waals surface area contributed by atoms with E-state index >= 15 is 0 Å². The van der Waals surface area contributed by atoms with Gasteiger partial charge in [0, 0.05) is 12.6 Å². The van der Waals surface area contributed by atoms with Gasteiger partial charge in [-0.15, -0.1) is 11.8 Å². The molecule has 0 aromatic carbocycles. The zero-order chi connectivity index (χ0) is 17.4. The second-order valence-electron chi connectivity index (χ2n) is 6.41. The van der Waals surface area contributed by atoms with Crippen molar-refractivity contribution in [3.63, 3.8) is 0 Å². The molecule has 1 aromatic heterocycles. The summed E-state index contributed by atoms with van der Waals surface area (Å²) in [6.45, 7) is 4.27. The Balaban J connectivity index is 1.55. The summed E-state index contributed by atoms with van der Waals surface area (Å²) in [4.78, 5) is 23.8. The Bertz CT molecular complexity index is 541. The van der Waals surface area contributed by atoms with Crippen molar-refractivity contribution in [2.75, 3.05) is 17.6 Å². The van der Waals surface area contributed by atoms with Crippen molar-refractivity contribution in [2.45, 2.75) is 57.6 Å². The first-order valence-electron chi connectivity index (χ1n) is 8.67. The van der Waals surface area contributed by atoms with E-state index < -0.39 is 0 Å². The zero-order valence-electron chi connectivity index (χ0n) is 14.5. The molecule has 1 saturated carbocycles. The molecule has 1 unspecified atom stereocenters. The van der Waals surface area contributed by atoms with Gasteiger partial charge in [-0.1, -0.05) is 30.8 Å². The Kier molecular flexibility index (Phi) is 7.62. The van der Waals surface area contributed by atoms with Crippen molar-refractivity contribution in [3.8, 4) is 0 Å². The smallest absolute Gasteiger partial charge is 0.238 e. The zero-order valence-corrected chi connectivity index (χ0v) is 15.3. The number of carbonyl (C=O) groups is 2. The van der Waals surface area contributed by atoms with Crippen molar-refractivity contribution < 1.29 is 14.1 Å². The highest BCUT2D eigenvalue weighted by Gasteiger charge is 2.17. The van der Waals surface area contributed by atoms with Crippen LogP contribution in [0.1, 0.15) is 51.2 Å². The van der Waals surface area contributed by atoms with Gasteiger partial charge >= 0.3 is 0 Å². The van der Waals surface area contributed by atoms with Crippen LogP contribution in [0.4, 0.5) is 5.82 Å². The summed E-state index contributed by atoms with van der Waals surface area (Å²) in [5, 5.41) is 9.00. The van der Waals surface area contributed by atoms with Crippen LogP contribution in [0, 0.1) is 12.8 Å². The van der Waals surface area contributed by atoms with Crippen molar-refractivity contribution in [2.24, 2.45) is 5.92 Å². The molecule has 6 nitrogen and oxygen atoms in total. The molecule has 24 heavy (non-hydrogen) atoms. The molecule has 2 rings (SSSR count). The third-order valence-corrected chi connectivity index (χ3v) is 5.44. The summed E-state index contributed by atoms with van der Waals surface area (Å²) in [7, 11) is 0. The van der Waals surface area contributed by atoms with E-state index in [0.29, 0.717) is 11.6 Å². The molecule has 2 amide bonds. The van der Waals surface area contributed by atoms with E-state index in [0.717, 1.165) is 18.9 Å². The molecular formula is C17H27N3O3S. The number of hydrogen-bond donors (Lipinski definition) is 2. The molecule has 1 aromatic rings. The van der Waals surface area contributed by atoms with Gasteiger partial charge in [-0.05, 0) is 32.6 Å². The van der Waals surface area contributed by atoms with Gasteiger partial charge in [0.05, 0.1) is 11.0 Å². The molecular weight excluding hydrogens is 326 g/mol. The molecule has 0 aliphatic heterocycles. The largest absolute Gasteiger partial charge is 0.360 e. The number of aryl methyl sites for hydroxylation is 1. The molecule has 7 heteroatoms. The number of nitrogens with zero attached hydrogens (tertiary/aromatic N) is 1. The van der Waals surface area contributed by atoms with E-state index in [1.54, 1.807) is 19.9 Å². The minimum atomic E-state index is -0.328. The van der Waals surface area contributed by atoms with Crippen LogP contribution in [0.2, 0.25) is 0 Å². The molecule has 0 bridgehead atoms. The Hall–Kier alpha value is -1.50. The van der Waals surface area contributed by atoms with Gasteiger partial charge in [0.2, 0.25) is 11.8 Å². The third-order valence-electron chi connectivity index (χ3n) is 4.30. The summed E-state index contributed by atoms with van der Waals surface area (Å²) >= 11 is 1.32. The normalized spacial score (nSPS) is 16.1. The number of aromatic nitrogens is 1. The number of thioether (sulfide) groups is 1. The lowest BCUT2D eigenvalue weighted by Gasteiger charge is -2.11. The number of rotatable bonds is 9. The van der Waals surface area contributed by atoms with Gasteiger partial charge in [0.1, 0.15) is 5.76 Å². The third kappa shape index (κ3) is 6.55. The minimum absolute atomic E-state index is 0.0108. The van der Waals surface area contributed by atoms with Gasteiger partial charge in [-0.2, -0.15) is 0 Å². The van der Waals surface area contributed by atoms with Crippen molar-refractivity contribution >= 4 is 29.4 Å². The number of amides is 2. The number of anilines is 1. The van der Waals surface area contributed by atoms with Crippen LogP contribution in [0.15, 0.2) is 10.6 Å². The molecule has 0 radical (unpaired) electrons. The molecule has 1 heterocycles. The second kappa shape index (κ2) is 9.71. The fraction of sp³-hybridized carbons (Fsp3) is 0.706. The quantitative estimate of drug-likeness (QED) is 0.666. The van der Waals surface area contributed by atoms with Crippen LogP contribution in [-0.2, 0) is 9.59 Å². The highest BCUT2D eigenvalue weighted by molar-refractivity contribution is 8.01. The minimum Gasteiger partial charge on any atom is -0.360 e. The summed E-state index contributed by atoms with van der Waals surface area (Å²) in [5.41, 5.74) is 0. The number of nitrogens with one attached hydrogen (secondary N) is 2. The monoisotopic (exact) mass is 353 g/mol. The predicted molar refractivity (Wildman–Crippen MR) is 96.0 cm³/mol. The molecule has 1 aliphatic rings. The maximum atomic E-state index is 12.0. The van der Waals surface area contributed by atoms with Crippen LogP contribution in [0.25, 0.3) is 0 Å². The fourth-order valence-electron chi connectivity index (χ4n) is 2.90. The highest BCUT2D eigenvalue weighted by Crippen LogP contribution is 2.28. The summed E-state index contributed by atoms with van der Waals surface area (Å²) in [6, 6.07) is 1.66. The standard InChI is InChI=1S/C17H27N3O3S/c1-12-10-15(20-23-12)19-17(22)13(2)24-11-16(21)18-9-5-8-14-6-3-4-7-14/h10,13-14H,3-9,11H2,1-2H3,(H,18,21)(H,19,20,22). The summed E-state index contributed by atoms with van der Waals surface area (Å²) in [5.74, 6) is 2.00. The van der Waals surface area contributed by atoms with E-state index in [2.05, 4.69) is 15.8 Å². The van der Waals surface area contributed by atoms with Gasteiger partial charge in [-0.3, -0.25) is 9.59 Å². The topological polar surface area (TPSA) is 84.2 Å². The van der Waals surface area contributed by atoms with E-state index in [1.807, 2.05) is 0 Å². The SMILES string of the molecule is Cc1cc(NC(=O)C(C)SCC(=O)NCCCC2CCCC2)no1. The number of carbonyl (C=O) groups excluding carboxylic acids is 2. The second-order valence-corrected chi connectivity index (χ2v) is 7.74. The van der Waals surface area contributed by atoms with Crippen LogP contribution < -0.4 is 10.6 Å². The van der Waals surface area contributed by atoms with Gasteiger partial charge in [-0.25, -0.2) is 0 Å². The lowest BCUT2D eigenvalue weighted by molar-refractivity contribution is -0.118. The lowest BCUT2D eigenvalue weighted by Crippen LogP contribution is -2.29. The van der Waals surface area contributed by atoms with E-state index in [1.165, 1.54) is 43.9 Å². The Morgan fingerprint density at radius 3 is 2.83 bits per heavy atom. The first kappa shape index (κ1) is 18.8. The van der Waals surface area contributed by atoms with Gasteiger partial charge in [0.15, 0.2) is 5.82 Å². The van der Waals surface area contributed by atoms with Crippen LogP contribution >= 0.6 is 11.8 Å². The van der Waals surface area contributed by atoms with E-state index in [9.17, 15) is 9.59 Å². The number of hydrogen-bond acceptors (Lipinski definition) is 5. The Labute approximate surface area is 147 Å². The summed E-state index contributed by atoms with van der Waals surface area (Å²) in [6.07, 6.45) is 7.68. The van der Waals surface area contributed by atoms with Crippen molar-refractivity contribution in [3.05, 3.63) is 11.8 Å². The van der Waals surface area contributed by atoms with Crippen molar-refractivity contribution in [1.82, 2.24) is 10.5 Å². The molecule has 0 spiro atoms. The van der Waals surface area contributed by atoms with Crippen LogP contribution in [0.3, 0.4) is 0 Å². The maximum Gasteiger partial charge on any atom is 0.238 e. The fourth-order valence-corrected chi connectivity index (χ4v) is 3.61. The summed E-state index contributed by atoms with van der Waals surface area (Å²) < 4.78 is 4.90. The molecule has 1 aliphatic carbocycles. The molecule has 0 saturated heterocycles. The van der Waals surface area contributed by atoms with Gasteiger partial charge in [0.25, 0.3) is 0 Å². The Morgan fingerprint density at radius 1 is 1.42 bits per heavy atom. The van der Waals surface area contributed by atoms with Gasteiger partial charge < -0.3 is 15.2 Å². The molecule has 1 atom stereocenters. The van der Waals surface area contributed by atoms with E-state index in [4.69, 9.17) is 4.52 Å². The van der Waals surface area contributed by atoms with Crippen molar-refractivity contribution in [1.29, 1.82) is 0 Å². The maximum absolute atomic E-state index is 12.0. The molecule has 134 valence electrons. The predicted octanol–water partition coefficient (Wildman–Crippen LogP) is 3.13. The average molecular weight is 353 g/mol. The first-order chi connectivity index (χ1) is 11.5. The first-order valence-corrected chi connectivity index (χ1v) is 9.72.